The van der Waals surface area contributed by atoms with Crippen molar-refractivity contribution < 1.29 is 19.1 Å². The van der Waals surface area contributed by atoms with Gasteiger partial charge in [0.1, 0.15) is 12.4 Å². The third kappa shape index (κ3) is 4.13. The molecule has 1 aliphatic carbocycles. The summed E-state index contributed by atoms with van der Waals surface area (Å²) in [5.41, 5.74) is 5.46. The molecule has 0 spiro atoms. The Balaban J connectivity index is 1.53. The van der Waals surface area contributed by atoms with Crippen LogP contribution in [0.25, 0.3) is 22.6 Å². The first-order valence-electron chi connectivity index (χ1n) is 11.1. The molecule has 5 nitrogen and oxygen atoms in total. The molecule has 2 aromatic heterocycles. The number of nitrogens with zero attached hydrogens (tertiary/aromatic N) is 1. The molecule has 0 unspecified atom stereocenters. The van der Waals surface area contributed by atoms with Crippen LogP contribution in [-0.2, 0) is 17.8 Å². The van der Waals surface area contributed by atoms with E-state index in [0.717, 1.165) is 40.6 Å². The molecule has 4 aromatic rings. The highest BCUT2D eigenvalue weighted by atomic mass is 32.1. The molecule has 0 saturated carbocycles. The van der Waals surface area contributed by atoms with Crippen molar-refractivity contribution in [1.29, 1.82) is 0 Å². The highest BCUT2D eigenvalue weighted by Gasteiger charge is 2.28. The highest BCUT2D eigenvalue weighted by molar-refractivity contribution is 7.10. The normalized spacial score (nSPS) is 13.8. The largest absolute Gasteiger partial charge is 0.496 e. The zero-order valence-electron chi connectivity index (χ0n) is 19.0. The molecular weight excluding hydrogens is 446 g/mol. The number of hydrogen-bond donors (Lipinski definition) is 0. The molecule has 0 radical (unpaired) electrons. The lowest BCUT2D eigenvalue weighted by Gasteiger charge is -2.14. The number of hydrogen-bond acceptors (Lipinski definition) is 6. The molecule has 0 saturated heterocycles. The van der Waals surface area contributed by atoms with Gasteiger partial charge in [-0.25, -0.2) is 9.78 Å². The number of allylic oxidation sites excluding steroid dienone is 1. The zero-order valence-corrected chi connectivity index (χ0v) is 19.8. The fourth-order valence-electron chi connectivity index (χ4n) is 4.38. The number of thiophene rings is 1. The van der Waals surface area contributed by atoms with Gasteiger partial charge in [-0.2, -0.15) is 0 Å². The van der Waals surface area contributed by atoms with Crippen LogP contribution in [-0.4, -0.2) is 23.8 Å². The van der Waals surface area contributed by atoms with Crippen LogP contribution in [0, 0.1) is 0 Å². The van der Waals surface area contributed by atoms with Crippen molar-refractivity contribution in [2.24, 2.45) is 0 Å². The minimum atomic E-state index is -0.400. The lowest BCUT2D eigenvalue weighted by Crippen LogP contribution is -2.11. The van der Waals surface area contributed by atoms with Crippen molar-refractivity contribution in [2.75, 3.05) is 7.11 Å². The Labute approximate surface area is 201 Å². The van der Waals surface area contributed by atoms with Gasteiger partial charge in [0, 0.05) is 21.4 Å². The average molecular weight is 470 g/mol. The van der Waals surface area contributed by atoms with E-state index in [1.165, 1.54) is 11.8 Å². The van der Waals surface area contributed by atoms with Gasteiger partial charge >= 0.3 is 5.97 Å². The topological polar surface area (TPSA) is 65.5 Å². The second-order valence-corrected chi connectivity index (χ2v) is 9.15. The first-order valence-corrected chi connectivity index (χ1v) is 11.9. The predicted molar refractivity (Wildman–Crippen MR) is 134 cm³/mol. The smallest absolute Gasteiger partial charge is 0.339 e. The molecule has 0 amide bonds. The maximum atomic E-state index is 13.5. The van der Waals surface area contributed by atoms with E-state index in [4.69, 9.17) is 14.5 Å². The molecule has 0 bridgehead atoms. The van der Waals surface area contributed by atoms with Crippen LogP contribution in [0.4, 0.5) is 0 Å². The molecular formula is C28H23NO4S. The van der Waals surface area contributed by atoms with E-state index >= 15 is 0 Å². The van der Waals surface area contributed by atoms with E-state index in [1.807, 2.05) is 35.7 Å². The number of ketones is 1. The highest BCUT2D eigenvalue weighted by Crippen LogP contribution is 2.38. The fraction of sp³-hybridized carbons (Fsp3) is 0.179. The number of esters is 1. The lowest BCUT2D eigenvalue weighted by atomic mass is 10.0. The quantitative estimate of drug-likeness (QED) is 0.243. The molecule has 6 heteroatoms. The van der Waals surface area contributed by atoms with E-state index < -0.39 is 5.97 Å². The number of Topliss-reactive ketones (excluding diaryl/α,β-unsaturated/α-hetero) is 1. The van der Waals surface area contributed by atoms with Crippen LogP contribution in [0.5, 0.6) is 5.75 Å². The molecule has 0 atom stereocenters. The van der Waals surface area contributed by atoms with Crippen LogP contribution >= 0.6 is 11.3 Å². The Morgan fingerprint density at radius 3 is 2.71 bits per heavy atom. The Hall–Kier alpha value is -3.77. The molecule has 0 aliphatic heterocycles. The summed E-state index contributed by atoms with van der Waals surface area (Å²) in [6.45, 7) is 1.51. The Morgan fingerprint density at radius 1 is 1.09 bits per heavy atom. The second kappa shape index (κ2) is 9.23. The third-order valence-corrected chi connectivity index (χ3v) is 6.87. The minimum Gasteiger partial charge on any atom is -0.496 e. The summed E-state index contributed by atoms with van der Waals surface area (Å²) in [7, 11) is 1.55. The van der Waals surface area contributed by atoms with Gasteiger partial charge in [0.05, 0.1) is 23.9 Å². The van der Waals surface area contributed by atoms with Gasteiger partial charge in [0.2, 0.25) is 0 Å². The van der Waals surface area contributed by atoms with E-state index in [2.05, 4.69) is 12.1 Å². The van der Waals surface area contributed by atoms with Crippen LogP contribution < -0.4 is 4.74 Å². The van der Waals surface area contributed by atoms with Crippen molar-refractivity contribution in [3.8, 4) is 5.75 Å². The number of para-hydroxylation sites is 1. The van der Waals surface area contributed by atoms with Gasteiger partial charge in [-0.15, -0.1) is 11.3 Å². The summed E-state index contributed by atoms with van der Waals surface area (Å²) in [5.74, 6) is 0.115. The zero-order chi connectivity index (χ0) is 23.7. The predicted octanol–water partition coefficient (Wildman–Crippen LogP) is 6.35. The van der Waals surface area contributed by atoms with Crippen LogP contribution in [0.2, 0.25) is 0 Å². The first kappa shape index (κ1) is 22.0. The van der Waals surface area contributed by atoms with Gasteiger partial charge in [0.25, 0.3) is 0 Å². The average Bonchev–Trinajstić information content (AvgIpc) is 3.51. The number of fused-ring (bicyclic) bond motifs is 2. The number of ether oxygens (including phenoxy) is 2. The lowest BCUT2D eigenvalue weighted by molar-refractivity contribution is 0.0471. The van der Waals surface area contributed by atoms with E-state index in [9.17, 15) is 9.59 Å². The molecule has 2 aromatic carbocycles. The minimum absolute atomic E-state index is 0.00639. The van der Waals surface area contributed by atoms with Crippen molar-refractivity contribution in [2.45, 2.75) is 26.4 Å². The molecule has 2 heterocycles. The maximum Gasteiger partial charge on any atom is 0.339 e. The maximum absolute atomic E-state index is 13.5. The standard InChI is InChI=1S/C28H23NO4S/c1-17(30)18-10-12-25(32-2)20(14-18)16-33-28(31)26-22-7-3-4-8-24(22)29-27-19(9-11-23(26)27)15-21-6-5-13-34-21/h3-8,10,12-15H,9,11,16H2,1-2H3. The van der Waals surface area contributed by atoms with Crippen molar-refractivity contribution in [3.05, 3.63) is 92.8 Å². The Morgan fingerprint density at radius 2 is 1.94 bits per heavy atom. The first-order chi connectivity index (χ1) is 16.5. The molecule has 1 aliphatic rings. The van der Waals surface area contributed by atoms with Gasteiger partial charge in [-0.05, 0) is 72.7 Å². The van der Waals surface area contributed by atoms with Crippen molar-refractivity contribution in [1.82, 2.24) is 4.98 Å². The van der Waals surface area contributed by atoms with E-state index in [-0.39, 0.29) is 12.4 Å². The van der Waals surface area contributed by atoms with Gasteiger partial charge < -0.3 is 9.47 Å². The van der Waals surface area contributed by atoms with Crippen molar-refractivity contribution >= 4 is 45.6 Å². The second-order valence-electron chi connectivity index (χ2n) is 8.18. The van der Waals surface area contributed by atoms with E-state index in [1.54, 1.807) is 36.6 Å². The summed E-state index contributed by atoms with van der Waals surface area (Å²) in [6.07, 6.45) is 3.72. The number of pyridine rings is 1. The summed E-state index contributed by atoms with van der Waals surface area (Å²) in [4.78, 5) is 31.3. The summed E-state index contributed by atoms with van der Waals surface area (Å²) in [5, 5.41) is 2.84. The third-order valence-electron chi connectivity index (χ3n) is 6.05. The fourth-order valence-corrected chi connectivity index (χ4v) is 5.06. The molecule has 34 heavy (non-hydrogen) atoms. The van der Waals surface area contributed by atoms with E-state index in [0.29, 0.717) is 22.4 Å². The SMILES string of the molecule is COc1ccc(C(C)=O)cc1COC(=O)c1c2c(nc3ccccc13)C(=Cc1cccs1)CC2. The number of methoxy groups -OCH3 is 1. The molecule has 5 rings (SSSR count). The summed E-state index contributed by atoms with van der Waals surface area (Å²) in [6, 6.07) is 16.9. The molecule has 0 fully saturated rings. The van der Waals surface area contributed by atoms with Crippen LogP contribution in [0.1, 0.15) is 55.8 Å². The number of carbonyl (C=O) groups is 2. The molecule has 170 valence electrons. The number of rotatable bonds is 6. The van der Waals surface area contributed by atoms with Crippen LogP contribution in [0.15, 0.2) is 60.0 Å². The monoisotopic (exact) mass is 469 g/mol. The molecule has 0 N–H and O–H groups in total. The van der Waals surface area contributed by atoms with Crippen LogP contribution in [0.3, 0.4) is 0 Å². The summed E-state index contributed by atoms with van der Waals surface area (Å²) >= 11 is 1.68. The Bertz CT molecular complexity index is 1440. The summed E-state index contributed by atoms with van der Waals surface area (Å²) < 4.78 is 11.2. The van der Waals surface area contributed by atoms with Gasteiger partial charge in [-0.3, -0.25) is 4.79 Å². The Kier molecular flexibility index (Phi) is 5.99. The van der Waals surface area contributed by atoms with Crippen molar-refractivity contribution in [3.63, 3.8) is 0 Å². The number of aromatic nitrogens is 1. The number of benzene rings is 2. The van der Waals surface area contributed by atoms with Gasteiger partial charge in [0.15, 0.2) is 5.78 Å². The van der Waals surface area contributed by atoms with Gasteiger partial charge in [-0.1, -0.05) is 24.3 Å². The number of carbonyl (C=O) groups excluding carboxylic acids is 2.